The molecule has 20 heavy (non-hydrogen) atoms. The van der Waals surface area contributed by atoms with E-state index in [9.17, 15) is 5.26 Å². The summed E-state index contributed by atoms with van der Waals surface area (Å²) in [5.74, 6) is -0.0175. The van der Waals surface area contributed by atoms with Gasteiger partial charge in [-0.1, -0.05) is 44.2 Å². The van der Waals surface area contributed by atoms with Crippen molar-refractivity contribution in [2.45, 2.75) is 51.5 Å². The minimum atomic E-state index is -0.0175. The monoisotopic (exact) mass is 270 g/mol. The van der Waals surface area contributed by atoms with E-state index in [-0.39, 0.29) is 5.92 Å². The summed E-state index contributed by atoms with van der Waals surface area (Å²) in [5, 5.41) is 9.43. The smallest absolute Gasteiger partial charge is 0.0839 e. The molecule has 2 rings (SSSR count). The second-order valence-corrected chi connectivity index (χ2v) is 6.93. The van der Waals surface area contributed by atoms with Crippen molar-refractivity contribution in [3.8, 4) is 6.07 Å². The molecule has 1 unspecified atom stereocenters. The molecule has 0 N–H and O–H groups in total. The molecule has 1 aromatic rings. The van der Waals surface area contributed by atoms with Gasteiger partial charge in [-0.25, -0.2) is 0 Å². The molecule has 0 radical (unpaired) electrons. The first kappa shape index (κ1) is 15.1. The summed E-state index contributed by atoms with van der Waals surface area (Å²) in [4.78, 5) is 2.40. The third-order valence-corrected chi connectivity index (χ3v) is 4.76. The Hall–Kier alpha value is -1.33. The second-order valence-electron chi connectivity index (χ2n) is 6.93. The van der Waals surface area contributed by atoms with E-state index in [0.29, 0.717) is 11.5 Å². The Labute approximate surface area is 123 Å². The molecule has 1 saturated carbocycles. The van der Waals surface area contributed by atoms with Gasteiger partial charge in [0.25, 0.3) is 0 Å². The summed E-state index contributed by atoms with van der Waals surface area (Å²) in [7, 11) is 2.18. The molecular formula is C18H26N2. The van der Waals surface area contributed by atoms with E-state index >= 15 is 0 Å². The average molecular weight is 270 g/mol. The molecule has 1 aliphatic carbocycles. The fourth-order valence-electron chi connectivity index (χ4n) is 3.17. The minimum absolute atomic E-state index is 0.0175. The topological polar surface area (TPSA) is 27.0 Å². The Balaban J connectivity index is 1.94. The minimum Gasteiger partial charge on any atom is -0.302 e. The molecule has 0 aliphatic heterocycles. The molecule has 108 valence electrons. The summed E-state index contributed by atoms with van der Waals surface area (Å²) in [6, 6.07) is 13.3. The summed E-state index contributed by atoms with van der Waals surface area (Å²) >= 11 is 0. The van der Waals surface area contributed by atoms with E-state index in [4.69, 9.17) is 0 Å². The fraction of sp³-hybridized carbons (Fsp3) is 0.611. The highest BCUT2D eigenvalue weighted by Crippen LogP contribution is 2.36. The molecule has 0 spiro atoms. The van der Waals surface area contributed by atoms with Crippen LogP contribution in [0.3, 0.4) is 0 Å². The van der Waals surface area contributed by atoms with E-state index in [2.05, 4.69) is 44.0 Å². The van der Waals surface area contributed by atoms with Crippen LogP contribution in [0.5, 0.6) is 0 Å². The van der Waals surface area contributed by atoms with Crippen molar-refractivity contribution < 1.29 is 0 Å². The van der Waals surface area contributed by atoms with Crippen LogP contribution in [0.15, 0.2) is 30.3 Å². The van der Waals surface area contributed by atoms with Gasteiger partial charge in [0.05, 0.1) is 12.0 Å². The molecule has 1 atom stereocenters. The molecule has 0 saturated heterocycles. The molecule has 0 bridgehead atoms. The predicted molar refractivity (Wildman–Crippen MR) is 83.5 cm³/mol. The highest BCUT2D eigenvalue weighted by atomic mass is 15.1. The zero-order chi connectivity index (χ0) is 14.6. The average Bonchev–Trinajstić information content (AvgIpc) is 2.45. The SMILES string of the molecule is CN(CC(C#N)c1ccccc1)C1CCC(C)(C)CC1. The summed E-state index contributed by atoms with van der Waals surface area (Å²) in [6.07, 6.45) is 5.11. The first-order valence-electron chi connectivity index (χ1n) is 7.67. The van der Waals surface area contributed by atoms with Gasteiger partial charge in [0.2, 0.25) is 0 Å². The lowest BCUT2D eigenvalue weighted by atomic mass is 9.75. The third kappa shape index (κ3) is 3.84. The van der Waals surface area contributed by atoms with E-state index in [0.717, 1.165) is 12.1 Å². The zero-order valence-electron chi connectivity index (χ0n) is 13.0. The zero-order valence-corrected chi connectivity index (χ0v) is 13.0. The van der Waals surface area contributed by atoms with Gasteiger partial charge in [-0.2, -0.15) is 5.26 Å². The van der Waals surface area contributed by atoms with Gasteiger partial charge >= 0.3 is 0 Å². The van der Waals surface area contributed by atoms with Crippen LogP contribution in [-0.4, -0.2) is 24.5 Å². The van der Waals surface area contributed by atoms with Crippen molar-refractivity contribution >= 4 is 0 Å². The van der Waals surface area contributed by atoms with Crippen molar-refractivity contribution in [2.75, 3.05) is 13.6 Å². The normalized spacial score (nSPS) is 20.6. The number of hydrogen-bond donors (Lipinski definition) is 0. The van der Waals surface area contributed by atoms with Crippen LogP contribution in [-0.2, 0) is 0 Å². The number of nitrogens with zero attached hydrogens (tertiary/aromatic N) is 2. The molecule has 2 heteroatoms. The maximum Gasteiger partial charge on any atom is 0.0839 e. The van der Waals surface area contributed by atoms with Gasteiger partial charge in [-0.3, -0.25) is 0 Å². The van der Waals surface area contributed by atoms with E-state index < -0.39 is 0 Å². The molecule has 0 heterocycles. The van der Waals surface area contributed by atoms with Gasteiger partial charge in [0.15, 0.2) is 0 Å². The number of hydrogen-bond acceptors (Lipinski definition) is 2. The number of likely N-dealkylation sites (N-methyl/N-ethyl adjacent to an activating group) is 1. The Morgan fingerprint density at radius 1 is 1.25 bits per heavy atom. The van der Waals surface area contributed by atoms with Crippen LogP contribution in [0.25, 0.3) is 0 Å². The van der Waals surface area contributed by atoms with Crippen molar-refractivity contribution in [1.82, 2.24) is 4.90 Å². The van der Waals surface area contributed by atoms with Gasteiger partial charge in [0.1, 0.15) is 0 Å². The Morgan fingerprint density at radius 3 is 2.40 bits per heavy atom. The van der Waals surface area contributed by atoms with Crippen LogP contribution in [0.1, 0.15) is 51.0 Å². The van der Waals surface area contributed by atoms with Crippen LogP contribution in [0.2, 0.25) is 0 Å². The number of rotatable bonds is 4. The van der Waals surface area contributed by atoms with Crippen LogP contribution in [0.4, 0.5) is 0 Å². The lowest BCUT2D eigenvalue weighted by Crippen LogP contribution is -2.39. The summed E-state index contributed by atoms with van der Waals surface area (Å²) < 4.78 is 0. The summed E-state index contributed by atoms with van der Waals surface area (Å²) in [6.45, 7) is 5.57. The highest BCUT2D eigenvalue weighted by molar-refractivity contribution is 5.25. The molecular weight excluding hydrogens is 244 g/mol. The molecule has 1 aliphatic rings. The van der Waals surface area contributed by atoms with Crippen molar-refractivity contribution in [1.29, 1.82) is 5.26 Å². The van der Waals surface area contributed by atoms with Gasteiger partial charge < -0.3 is 4.90 Å². The first-order valence-corrected chi connectivity index (χ1v) is 7.67. The van der Waals surface area contributed by atoms with E-state index in [1.165, 1.54) is 25.7 Å². The van der Waals surface area contributed by atoms with Crippen molar-refractivity contribution in [2.24, 2.45) is 5.41 Å². The predicted octanol–water partition coefficient (Wildman–Crippen LogP) is 4.19. The van der Waals surface area contributed by atoms with Gasteiger partial charge in [-0.15, -0.1) is 0 Å². The third-order valence-electron chi connectivity index (χ3n) is 4.76. The van der Waals surface area contributed by atoms with Crippen molar-refractivity contribution in [3.05, 3.63) is 35.9 Å². The van der Waals surface area contributed by atoms with E-state index in [1.807, 2.05) is 18.2 Å². The largest absolute Gasteiger partial charge is 0.302 e. The summed E-state index contributed by atoms with van der Waals surface area (Å²) in [5.41, 5.74) is 1.64. The van der Waals surface area contributed by atoms with Crippen LogP contribution in [0, 0.1) is 16.7 Å². The molecule has 0 amide bonds. The van der Waals surface area contributed by atoms with Crippen LogP contribution < -0.4 is 0 Å². The lowest BCUT2D eigenvalue weighted by molar-refractivity contribution is 0.126. The molecule has 1 aromatic carbocycles. The Morgan fingerprint density at radius 2 is 1.85 bits per heavy atom. The van der Waals surface area contributed by atoms with Crippen LogP contribution >= 0.6 is 0 Å². The standard InChI is InChI=1S/C18H26N2/c1-18(2)11-9-17(10-12-18)20(3)14-16(13-19)15-7-5-4-6-8-15/h4-8,16-17H,9-12,14H2,1-3H3. The maximum atomic E-state index is 9.43. The molecule has 0 aromatic heterocycles. The van der Waals surface area contributed by atoms with Gasteiger partial charge in [-0.05, 0) is 43.7 Å². The lowest BCUT2D eigenvalue weighted by Gasteiger charge is -2.39. The number of nitriles is 1. The first-order chi connectivity index (χ1) is 9.52. The van der Waals surface area contributed by atoms with Gasteiger partial charge in [0, 0.05) is 12.6 Å². The molecule has 1 fully saturated rings. The Bertz CT molecular complexity index is 448. The number of benzene rings is 1. The highest BCUT2D eigenvalue weighted by Gasteiger charge is 2.29. The maximum absolute atomic E-state index is 9.43. The molecule has 2 nitrogen and oxygen atoms in total. The quantitative estimate of drug-likeness (QED) is 0.820. The Kier molecular flexibility index (Phi) is 4.83. The fourth-order valence-corrected chi connectivity index (χ4v) is 3.17. The van der Waals surface area contributed by atoms with Crippen molar-refractivity contribution in [3.63, 3.8) is 0 Å². The van der Waals surface area contributed by atoms with E-state index in [1.54, 1.807) is 0 Å². The second kappa shape index (κ2) is 6.41.